The first-order chi connectivity index (χ1) is 34.9. The molecule has 1 saturated carbocycles. The Morgan fingerprint density at radius 1 is 1.00 bits per heavy atom. The number of methoxy groups -OCH3 is 3. The van der Waals surface area contributed by atoms with Crippen molar-refractivity contribution in [1.82, 2.24) is 29.8 Å². The number of carbonyl (C=O) groups is 5. The van der Waals surface area contributed by atoms with Gasteiger partial charge in [0.15, 0.2) is 11.8 Å². The fourth-order valence-corrected chi connectivity index (χ4v) is 14.0. The number of nitrogens with one attached hydrogen (secondary N) is 2. The van der Waals surface area contributed by atoms with Crippen molar-refractivity contribution in [2.45, 2.75) is 99.5 Å². The summed E-state index contributed by atoms with van der Waals surface area (Å²) >= 11 is 0. The van der Waals surface area contributed by atoms with Gasteiger partial charge in [0, 0.05) is 92.3 Å². The van der Waals surface area contributed by atoms with Crippen molar-refractivity contribution >= 4 is 52.6 Å². The van der Waals surface area contributed by atoms with Crippen molar-refractivity contribution in [2.24, 2.45) is 27.4 Å². The number of para-hydroxylation sites is 1. The Morgan fingerprint density at radius 3 is 2.41 bits per heavy atom. The lowest BCUT2D eigenvalue weighted by atomic mass is 9.47. The summed E-state index contributed by atoms with van der Waals surface area (Å²) in [7, 11) is 7.51. The van der Waals surface area contributed by atoms with Crippen molar-refractivity contribution in [1.29, 1.82) is 0 Å². The van der Waals surface area contributed by atoms with Crippen LogP contribution >= 0.6 is 0 Å². The molecule has 2 amide bonds. The lowest BCUT2D eigenvalue weighted by Crippen LogP contribution is -2.81. The van der Waals surface area contributed by atoms with Gasteiger partial charge in [0.25, 0.3) is 5.91 Å². The molecular formula is C52H66N10O11. The van der Waals surface area contributed by atoms with Crippen LogP contribution < -0.4 is 15.4 Å². The van der Waals surface area contributed by atoms with Crippen LogP contribution in [0, 0.1) is 11.3 Å². The third-order valence-corrected chi connectivity index (χ3v) is 16.7. The first-order valence-electron chi connectivity index (χ1n) is 24.8. The van der Waals surface area contributed by atoms with E-state index in [0.717, 1.165) is 16.5 Å². The van der Waals surface area contributed by atoms with E-state index in [0.29, 0.717) is 99.5 Å². The Balaban J connectivity index is 0.000000441. The van der Waals surface area contributed by atoms with Crippen LogP contribution in [0.2, 0.25) is 0 Å². The number of hydrogen-bond acceptors (Lipinski definition) is 16. The van der Waals surface area contributed by atoms with Gasteiger partial charge in [-0.15, -0.1) is 5.11 Å². The Kier molecular flexibility index (Phi) is 13.3. The SMILES string of the molecule is CC[C@]1(O)C[C@H]2CN(CCc3c([nH]c4ccccc34)[C@@](C(=O)OC)(c3cc4c(cc3OC)N(C=O)[C@H]3[C@@](O)(C(=O)OC)[C@H](OC(C)=O)[C@]5(CC)C=CCN6CC[C@]43[C@@H]65)C2)C1.CN(C)N=Nc1nc[nH]c1C(N)=O. The van der Waals surface area contributed by atoms with Crippen LogP contribution in [-0.4, -0.2) is 168 Å². The standard InChI is InChI=1S/C46H56N4O10.C6H10N6O/c1-7-42(55)22-28-23-45(40(53)58-5,36-30(14-18-48(24-28)25-42)29-12-9-10-13-33(29)47-36)32-20-31-34(21-35(32)57-4)50(26-51)38-44(31)16-19-49-17-11-15-43(8-2,37(44)49)39(60-27(3)52)46(38,56)41(54)59-6;1-12(2)11-10-6-4(5(7)13)8-3-9-6/h9-13,15,20-21,26,28,37-39,47,55-56H,7-8,14,16-19,22-25H2,1-6H3;3H,1-2H3,(H2,7,13)(H,8,9)/t28-,37+,38-,39-,42+,43-,44-,45+,46+;/m1./s1. The van der Waals surface area contributed by atoms with E-state index in [1.165, 1.54) is 44.5 Å². The third-order valence-electron chi connectivity index (χ3n) is 16.7. The van der Waals surface area contributed by atoms with Gasteiger partial charge >= 0.3 is 17.9 Å². The molecule has 10 atom stereocenters. The number of ether oxygens (including phenoxy) is 4. The first kappa shape index (κ1) is 51.2. The number of nitrogens with two attached hydrogens (primary N) is 1. The molecule has 6 aliphatic rings. The smallest absolute Gasteiger partial charge is 0.344 e. The van der Waals surface area contributed by atoms with Gasteiger partial charge in [0.05, 0.1) is 45.0 Å². The van der Waals surface area contributed by atoms with Crippen molar-refractivity contribution in [3.8, 4) is 5.75 Å². The number of amides is 2. The monoisotopic (exact) mass is 1010 g/mol. The van der Waals surface area contributed by atoms with E-state index in [2.05, 4.69) is 41.2 Å². The fraction of sp³-hybridized carbons (Fsp3) is 0.538. The van der Waals surface area contributed by atoms with Crippen LogP contribution in [0.3, 0.4) is 0 Å². The van der Waals surface area contributed by atoms with Gasteiger partial charge in [-0.2, -0.15) is 0 Å². The molecule has 10 rings (SSSR count). The second kappa shape index (κ2) is 19.0. The number of aromatic nitrogens is 3. The van der Waals surface area contributed by atoms with Crippen LogP contribution in [0.1, 0.15) is 85.7 Å². The normalized spacial score (nSPS) is 31.9. The number of H-pyrrole nitrogens is 2. The summed E-state index contributed by atoms with van der Waals surface area (Å²) in [5.41, 5.74) is 2.05. The molecule has 5 aliphatic heterocycles. The predicted molar refractivity (Wildman–Crippen MR) is 266 cm³/mol. The molecule has 4 aromatic rings. The number of piperidine rings is 1. The van der Waals surface area contributed by atoms with Crippen LogP contribution in [-0.2, 0) is 50.6 Å². The van der Waals surface area contributed by atoms with E-state index >= 15 is 4.79 Å². The number of hydrogen-bond donors (Lipinski definition) is 5. The maximum Gasteiger partial charge on any atom is 0.344 e. The summed E-state index contributed by atoms with van der Waals surface area (Å²) in [4.78, 5) is 83.2. The predicted octanol–water partition coefficient (Wildman–Crippen LogP) is 3.59. The number of carbonyl (C=O) groups excluding carboxylic acids is 5. The van der Waals surface area contributed by atoms with Gasteiger partial charge in [0.2, 0.25) is 17.8 Å². The summed E-state index contributed by atoms with van der Waals surface area (Å²) in [5, 5.41) is 35.1. The molecule has 21 nitrogen and oxygen atoms in total. The highest BCUT2D eigenvalue weighted by molar-refractivity contribution is 5.97. The molecule has 0 radical (unpaired) electrons. The summed E-state index contributed by atoms with van der Waals surface area (Å²) < 4.78 is 23.7. The molecule has 73 heavy (non-hydrogen) atoms. The van der Waals surface area contributed by atoms with Crippen LogP contribution in [0.5, 0.6) is 5.75 Å². The number of aliphatic hydroxyl groups is 2. The molecule has 2 bridgehead atoms. The molecule has 6 N–H and O–H groups in total. The van der Waals surface area contributed by atoms with Crippen LogP contribution in [0.4, 0.5) is 11.5 Å². The molecule has 2 aromatic heterocycles. The second-order valence-corrected chi connectivity index (χ2v) is 20.6. The lowest BCUT2D eigenvalue weighted by Gasteiger charge is -2.63. The molecular weight excluding hydrogens is 941 g/mol. The Labute approximate surface area is 423 Å². The number of imidazole rings is 1. The maximum atomic E-state index is 15.3. The number of esters is 3. The minimum absolute atomic E-state index is 0.155. The average Bonchev–Trinajstić information content (AvgIpc) is 4.18. The van der Waals surface area contributed by atoms with Gasteiger partial charge in [0.1, 0.15) is 11.2 Å². The van der Waals surface area contributed by atoms with Gasteiger partial charge in [-0.1, -0.05) is 49.4 Å². The van der Waals surface area contributed by atoms with Crippen molar-refractivity contribution in [3.05, 3.63) is 83.0 Å². The summed E-state index contributed by atoms with van der Waals surface area (Å²) in [6, 6.07) is 9.97. The van der Waals surface area contributed by atoms with E-state index in [-0.39, 0.29) is 23.9 Å². The highest BCUT2D eigenvalue weighted by atomic mass is 16.6. The van der Waals surface area contributed by atoms with E-state index in [9.17, 15) is 29.4 Å². The third kappa shape index (κ3) is 7.71. The number of nitrogens with zero attached hydrogens (tertiary/aromatic N) is 7. The molecule has 3 fully saturated rings. The summed E-state index contributed by atoms with van der Waals surface area (Å²) in [6.45, 7) is 8.16. The largest absolute Gasteiger partial charge is 0.496 e. The highest BCUT2D eigenvalue weighted by Crippen LogP contribution is 2.68. The number of anilines is 1. The van der Waals surface area contributed by atoms with E-state index in [1.54, 1.807) is 20.2 Å². The molecule has 1 spiro atoms. The summed E-state index contributed by atoms with van der Waals surface area (Å²) in [5.74, 6) is -2.48. The zero-order valence-corrected chi connectivity index (χ0v) is 42.6. The molecule has 21 heteroatoms. The quantitative estimate of drug-likeness (QED) is 0.0359. The number of benzene rings is 2. The number of primary amides is 1. The number of fused-ring (bicyclic) bond motifs is 6. The number of rotatable bonds is 11. The average molecular weight is 1010 g/mol. The lowest BCUT2D eigenvalue weighted by molar-refractivity contribution is -0.228. The van der Waals surface area contributed by atoms with Gasteiger partial charge in [-0.05, 0) is 74.2 Å². The second-order valence-electron chi connectivity index (χ2n) is 20.6. The molecule has 390 valence electrons. The van der Waals surface area contributed by atoms with Gasteiger partial charge < -0.3 is 49.8 Å². The zero-order valence-electron chi connectivity index (χ0n) is 42.6. The minimum atomic E-state index is -2.53. The van der Waals surface area contributed by atoms with Crippen LogP contribution in [0.25, 0.3) is 10.9 Å². The molecule has 2 aromatic carbocycles. The van der Waals surface area contributed by atoms with Crippen LogP contribution in [0.15, 0.2) is 65.2 Å². The Morgan fingerprint density at radius 2 is 1.75 bits per heavy atom. The van der Waals surface area contributed by atoms with Crippen molar-refractivity contribution in [2.75, 3.05) is 73.0 Å². The molecule has 2 saturated heterocycles. The molecule has 1 unspecified atom stereocenters. The van der Waals surface area contributed by atoms with E-state index < -0.39 is 69.4 Å². The van der Waals surface area contributed by atoms with Crippen molar-refractivity contribution < 1.29 is 53.1 Å². The molecule has 7 heterocycles. The molecule has 1 aliphatic carbocycles. The number of aromatic amines is 2. The van der Waals surface area contributed by atoms with Gasteiger partial charge in [-0.25, -0.2) is 9.78 Å². The highest BCUT2D eigenvalue weighted by Gasteiger charge is 2.81. The van der Waals surface area contributed by atoms with Gasteiger partial charge in [-0.3, -0.25) is 34.0 Å². The maximum absolute atomic E-state index is 15.3. The summed E-state index contributed by atoms with van der Waals surface area (Å²) in [6.07, 6.45) is 7.17. The fourth-order valence-electron chi connectivity index (χ4n) is 14.0. The van der Waals surface area contributed by atoms with Crippen molar-refractivity contribution in [3.63, 3.8) is 0 Å². The Bertz CT molecular complexity index is 2900. The van der Waals surface area contributed by atoms with E-state index in [4.69, 9.17) is 24.7 Å². The zero-order chi connectivity index (χ0) is 52.4. The topological polar surface area (TPSA) is 271 Å². The van der Waals surface area contributed by atoms with E-state index in [1.807, 2.05) is 50.3 Å². The minimum Gasteiger partial charge on any atom is -0.496 e. The Hall–Kier alpha value is -6.68. The first-order valence-corrected chi connectivity index (χ1v) is 24.8.